The summed E-state index contributed by atoms with van der Waals surface area (Å²) < 4.78 is 17.8. The van der Waals surface area contributed by atoms with Crippen LogP contribution in [0.2, 0.25) is 0 Å². The molecule has 4 saturated carbocycles. The second-order valence-corrected chi connectivity index (χ2v) is 12.8. The second kappa shape index (κ2) is 10.2. The van der Waals surface area contributed by atoms with Gasteiger partial charge in [0, 0.05) is 38.5 Å². The molecule has 0 amide bonds. The van der Waals surface area contributed by atoms with Crippen molar-refractivity contribution in [2.75, 3.05) is 0 Å². The van der Waals surface area contributed by atoms with Crippen molar-refractivity contribution in [3.63, 3.8) is 0 Å². The SMILES string of the molecule is CC(=O)O[C@H]1CC[C@@]2(C)[C@H](C1)C[C@@H](OC(C)=O)[C@H]1[C@H]2C[C@@H](OC(C)=O)[C@]2(C)[C@@H]1CC[C@H]2[C@H](C)CC(=O)O. The molecule has 0 saturated heterocycles. The van der Waals surface area contributed by atoms with Crippen LogP contribution < -0.4 is 0 Å². The zero-order valence-electron chi connectivity index (χ0n) is 23.2. The minimum atomic E-state index is -0.812. The normalized spacial score (nSPS) is 43.4. The number of fused-ring (bicyclic) bond motifs is 5. The first-order valence-corrected chi connectivity index (χ1v) is 14.0. The molecule has 37 heavy (non-hydrogen) atoms. The molecule has 1 N–H and O–H groups in total. The predicted molar refractivity (Wildman–Crippen MR) is 134 cm³/mol. The highest BCUT2D eigenvalue weighted by molar-refractivity contribution is 5.67. The average Bonchev–Trinajstić information content (AvgIpc) is 3.12. The predicted octanol–water partition coefficient (Wildman–Crippen LogP) is 4.77. The van der Waals surface area contributed by atoms with E-state index in [-0.39, 0.29) is 83.6 Å². The van der Waals surface area contributed by atoms with E-state index in [1.54, 1.807) is 0 Å². The van der Waals surface area contributed by atoms with Gasteiger partial charge in [0.25, 0.3) is 0 Å². The summed E-state index contributed by atoms with van der Waals surface area (Å²) in [5, 5.41) is 9.53. The first kappa shape index (κ1) is 27.9. The first-order chi connectivity index (χ1) is 17.3. The van der Waals surface area contributed by atoms with Crippen molar-refractivity contribution in [1.82, 2.24) is 0 Å². The summed E-state index contributed by atoms with van der Waals surface area (Å²) in [6.07, 6.45) is 5.00. The van der Waals surface area contributed by atoms with Crippen LogP contribution in [-0.2, 0) is 33.4 Å². The van der Waals surface area contributed by atoms with Crippen molar-refractivity contribution >= 4 is 23.9 Å². The highest BCUT2D eigenvalue weighted by atomic mass is 16.6. The molecule has 4 fully saturated rings. The van der Waals surface area contributed by atoms with Crippen LogP contribution in [0, 0.1) is 46.3 Å². The Morgan fingerprint density at radius 1 is 0.865 bits per heavy atom. The van der Waals surface area contributed by atoms with E-state index in [1.807, 2.05) is 6.92 Å². The average molecular weight is 521 g/mol. The maximum atomic E-state index is 12.3. The molecule has 0 aromatic heterocycles. The number of hydrogen-bond acceptors (Lipinski definition) is 7. The van der Waals surface area contributed by atoms with E-state index in [2.05, 4.69) is 13.8 Å². The molecule has 0 heterocycles. The molecule has 8 nitrogen and oxygen atoms in total. The first-order valence-electron chi connectivity index (χ1n) is 14.0. The third-order valence-electron chi connectivity index (χ3n) is 10.9. The smallest absolute Gasteiger partial charge is 0.303 e. The number of ether oxygens (including phenoxy) is 3. The van der Waals surface area contributed by atoms with Crippen LogP contribution in [0.3, 0.4) is 0 Å². The molecular formula is C29H44O8. The zero-order valence-corrected chi connectivity index (χ0v) is 23.2. The minimum absolute atomic E-state index is 0.0531. The van der Waals surface area contributed by atoms with E-state index < -0.39 is 11.4 Å². The topological polar surface area (TPSA) is 116 Å². The highest BCUT2D eigenvalue weighted by Crippen LogP contribution is 2.69. The van der Waals surface area contributed by atoms with Crippen LogP contribution in [0.25, 0.3) is 0 Å². The van der Waals surface area contributed by atoms with E-state index >= 15 is 0 Å². The van der Waals surface area contributed by atoms with E-state index in [1.165, 1.54) is 20.8 Å². The Labute approximate surface area is 220 Å². The number of rotatable bonds is 6. The van der Waals surface area contributed by atoms with Gasteiger partial charge in [-0.15, -0.1) is 0 Å². The molecule has 4 aliphatic rings. The van der Waals surface area contributed by atoms with Crippen LogP contribution in [0.5, 0.6) is 0 Å². The summed E-state index contributed by atoms with van der Waals surface area (Å²) in [5.41, 5.74) is -0.444. The molecule has 4 rings (SSSR count). The minimum Gasteiger partial charge on any atom is -0.481 e. The van der Waals surface area contributed by atoms with Gasteiger partial charge < -0.3 is 19.3 Å². The molecule has 0 aromatic carbocycles. The summed E-state index contributed by atoms with van der Waals surface area (Å²) in [7, 11) is 0. The third kappa shape index (κ3) is 5.01. The lowest BCUT2D eigenvalue weighted by atomic mass is 9.43. The summed E-state index contributed by atoms with van der Waals surface area (Å²) in [4.78, 5) is 47.9. The Balaban J connectivity index is 1.73. The molecule has 208 valence electrons. The molecule has 0 unspecified atom stereocenters. The van der Waals surface area contributed by atoms with Gasteiger partial charge in [-0.05, 0) is 80.0 Å². The van der Waals surface area contributed by atoms with Crippen molar-refractivity contribution in [3.8, 4) is 0 Å². The quantitative estimate of drug-likeness (QED) is 0.393. The van der Waals surface area contributed by atoms with E-state index in [0.717, 1.165) is 38.5 Å². The van der Waals surface area contributed by atoms with Gasteiger partial charge in [0.1, 0.15) is 18.3 Å². The maximum Gasteiger partial charge on any atom is 0.303 e. The van der Waals surface area contributed by atoms with Crippen LogP contribution in [-0.4, -0.2) is 47.3 Å². The molecule has 0 aromatic rings. The lowest BCUT2D eigenvalue weighted by molar-refractivity contribution is -0.224. The Hall–Kier alpha value is -2.12. The van der Waals surface area contributed by atoms with Gasteiger partial charge in [-0.3, -0.25) is 19.2 Å². The number of esters is 3. The molecule has 4 aliphatic carbocycles. The highest BCUT2D eigenvalue weighted by Gasteiger charge is 2.67. The van der Waals surface area contributed by atoms with Crippen LogP contribution in [0.1, 0.15) is 92.9 Å². The Bertz CT molecular complexity index is 931. The summed E-state index contributed by atoms with van der Waals surface area (Å²) >= 11 is 0. The Morgan fingerprint density at radius 3 is 2.11 bits per heavy atom. The van der Waals surface area contributed by atoms with Crippen LogP contribution in [0.4, 0.5) is 0 Å². The second-order valence-electron chi connectivity index (χ2n) is 12.8. The molecule has 0 radical (unpaired) electrons. The van der Waals surface area contributed by atoms with Gasteiger partial charge in [-0.25, -0.2) is 0 Å². The standard InChI is InChI=1S/C29H44O8/c1-15(11-26(33)34)21-7-8-22-27-23(14-25(29(21,22)6)37-18(4)32)28(5)10-9-20(35-16(2)30)12-19(28)13-24(27)36-17(3)31/h15,19-25,27H,7-14H2,1-6H3,(H,33,34)/t15-,19-,20+,21+,22-,23-,24-,25-,27-,28+,29+/m1/s1. The van der Waals surface area contributed by atoms with Crippen molar-refractivity contribution in [1.29, 1.82) is 0 Å². The van der Waals surface area contributed by atoms with Gasteiger partial charge >= 0.3 is 23.9 Å². The van der Waals surface area contributed by atoms with E-state index in [9.17, 15) is 24.3 Å². The van der Waals surface area contributed by atoms with Gasteiger partial charge in [0.2, 0.25) is 0 Å². The fourth-order valence-electron chi connectivity index (χ4n) is 9.53. The number of aliphatic carboxylic acids is 1. The Morgan fingerprint density at radius 2 is 1.51 bits per heavy atom. The lowest BCUT2D eigenvalue weighted by Crippen LogP contribution is -2.63. The number of carbonyl (C=O) groups excluding carboxylic acids is 3. The number of carboxylic acid groups (broad SMARTS) is 1. The van der Waals surface area contributed by atoms with Crippen molar-refractivity contribution < 1.29 is 38.5 Å². The lowest BCUT2D eigenvalue weighted by Gasteiger charge is -2.64. The molecule has 0 spiro atoms. The van der Waals surface area contributed by atoms with Crippen molar-refractivity contribution in [2.45, 2.75) is 111 Å². The Kier molecular flexibility index (Phi) is 7.70. The van der Waals surface area contributed by atoms with Gasteiger partial charge in [0.05, 0.1) is 0 Å². The zero-order chi connectivity index (χ0) is 27.3. The molecular weight excluding hydrogens is 476 g/mol. The van der Waals surface area contributed by atoms with Crippen molar-refractivity contribution in [3.05, 3.63) is 0 Å². The number of carbonyl (C=O) groups is 4. The van der Waals surface area contributed by atoms with E-state index in [0.29, 0.717) is 6.42 Å². The van der Waals surface area contributed by atoms with Gasteiger partial charge in [-0.1, -0.05) is 20.8 Å². The number of hydrogen-bond donors (Lipinski definition) is 1. The largest absolute Gasteiger partial charge is 0.481 e. The van der Waals surface area contributed by atoms with Gasteiger partial charge in [-0.2, -0.15) is 0 Å². The maximum absolute atomic E-state index is 12.3. The molecule has 11 atom stereocenters. The van der Waals surface area contributed by atoms with Crippen LogP contribution in [0.15, 0.2) is 0 Å². The summed E-state index contributed by atoms with van der Waals surface area (Å²) in [6.45, 7) is 10.9. The molecule has 0 bridgehead atoms. The molecule has 8 heteroatoms. The fraction of sp³-hybridized carbons (Fsp3) is 0.862. The third-order valence-corrected chi connectivity index (χ3v) is 10.9. The van der Waals surface area contributed by atoms with E-state index in [4.69, 9.17) is 14.2 Å². The van der Waals surface area contributed by atoms with Crippen molar-refractivity contribution in [2.24, 2.45) is 46.3 Å². The summed E-state index contributed by atoms with van der Waals surface area (Å²) in [6, 6.07) is 0. The molecule has 0 aliphatic heterocycles. The van der Waals surface area contributed by atoms with Crippen LogP contribution >= 0.6 is 0 Å². The monoisotopic (exact) mass is 520 g/mol. The summed E-state index contributed by atoms with van der Waals surface area (Å²) in [5.74, 6) is -0.958. The fourth-order valence-corrected chi connectivity index (χ4v) is 9.53. The van der Waals surface area contributed by atoms with Gasteiger partial charge in [0.15, 0.2) is 0 Å². The number of carboxylic acids is 1.